The van der Waals surface area contributed by atoms with Crippen LogP contribution in [0.3, 0.4) is 0 Å². The number of methoxy groups -OCH3 is 1. The molecule has 2 aromatic rings. The van der Waals surface area contributed by atoms with E-state index in [1.807, 2.05) is 7.05 Å². The van der Waals surface area contributed by atoms with Crippen LogP contribution in [0.15, 0.2) is 27.4 Å². The highest BCUT2D eigenvalue weighted by Crippen LogP contribution is 2.39. The molecule has 2 nitrogen and oxygen atoms in total. The Balaban J connectivity index is 2.65. The van der Waals surface area contributed by atoms with E-state index in [0.29, 0.717) is 0 Å². The molecule has 0 radical (unpaired) electrons. The molecule has 4 heteroatoms. The predicted octanol–water partition coefficient (Wildman–Crippen LogP) is 4.44. The van der Waals surface area contributed by atoms with Crippen molar-refractivity contribution in [1.29, 1.82) is 0 Å². The van der Waals surface area contributed by atoms with Crippen molar-refractivity contribution < 1.29 is 4.74 Å². The van der Waals surface area contributed by atoms with Crippen molar-refractivity contribution >= 4 is 27.3 Å². The quantitative estimate of drug-likeness (QED) is 0.888. The number of nitrogens with one attached hydrogen (secondary N) is 1. The molecule has 1 atom stereocenters. The van der Waals surface area contributed by atoms with Crippen LogP contribution < -0.4 is 10.1 Å². The molecule has 0 aliphatic heterocycles. The van der Waals surface area contributed by atoms with Crippen LogP contribution in [0.2, 0.25) is 0 Å². The zero-order chi connectivity index (χ0) is 14.0. The lowest BCUT2D eigenvalue weighted by atomic mass is 9.94. The first kappa shape index (κ1) is 14.6. The summed E-state index contributed by atoms with van der Waals surface area (Å²) in [6, 6.07) is 4.41. The Labute approximate surface area is 126 Å². The maximum atomic E-state index is 5.64. The Morgan fingerprint density at radius 2 is 2.11 bits per heavy atom. The molecule has 0 bridgehead atoms. The number of thiophene rings is 1. The number of hydrogen-bond acceptors (Lipinski definition) is 3. The summed E-state index contributed by atoms with van der Waals surface area (Å²) < 4.78 is 6.76. The van der Waals surface area contributed by atoms with Gasteiger partial charge in [0.05, 0.1) is 13.2 Å². The summed E-state index contributed by atoms with van der Waals surface area (Å²) in [4.78, 5) is 0. The van der Waals surface area contributed by atoms with Crippen LogP contribution in [0.25, 0.3) is 0 Å². The molecule has 102 valence electrons. The number of ether oxygens (including phenoxy) is 1. The number of benzene rings is 1. The molecule has 1 N–H and O–H groups in total. The summed E-state index contributed by atoms with van der Waals surface area (Å²) in [5.74, 6) is 0.964. The van der Waals surface area contributed by atoms with Gasteiger partial charge in [0, 0.05) is 10.0 Å². The van der Waals surface area contributed by atoms with Crippen LogP contribution in [0, 0.1) is 13.8 Å². The van der Waals surface area contributed by atoms with Gasteiger partial charge in [-0.3, -0.25) is 0 Å². The fourth-order valence-corrected chi connectivity index (χ4v) is 3.65. The van der Waals surface area contributed by atoms with Crippen LogP contribution >= 0.6 is 27.3 Å². The lowest BCUT2D eigenvalue weighted by Gasteiger charge is -2.23. The average Bonchev–Trinajstić information content (AvgIpc) is 2.90. The van der Waals surface area contributed by atoms with E-state index in [2.05, 4.69) is 58.0 Å². The zero-order valence-corrected chi connectivity index (χ0v) is 14.0. The van der Waals surface area contributed by atoms with E-state index in [1.165, 1.54) is 16.7 Å². The van der Waals surface area contributed by atoms with E-state index in [9.17, 15) is 0 Å². The third-order valence-corrected chi connectivity index (χ3v) is 4.89. The Morgan fingerprint density at radius 1 is 1.37 bits per heavy atom. The highest BCUT2D eigenvalue weighted by atomic mass is 79.9. The molecular formula is C15H18BrNOS. The molecule has 0 amide bonds. The van der Waals surface area contributed by atoms with Crippen LogP contribution in [0.5, 0.6) is 5.75 Å². The van der Waals surface area contributed by atoms with E-state index in [0.717, 1.165) is 15.8 Å². The SMILES string of the molecule is CNC(c1ccsc1)c1c(C)c(Br)cc(C)c1OC. The highest BCUT2D eigenvalue weighted by molar-refractivity contribution is 9.10. The van der Waals surface area contributed by atoms with Crippen molar-refractivity contribution in [2.45, 2.75) is 19.9 Å². The number of hydrogen-bond donors (Lipinski definition) is 1. The Bertz CT molecular complexity index is 566. The first-order chi connectivity index (χ1) is 9.10. The third kappa shape index (κ3) is 2.71. The highest BCUT2D eigenvalue weighted by Gasteiger charge is 2.22. The molecule has 0 spiro atoms. The first-order valence-corrected chi connectivity index (χ1v) is 7.86. The lowest BCUT2D eigenvalue weighted by Crippen LogP contribution is -2.19. The van der Waals surface area contributed by atoms with E-state index in [1.54, 1.807) is 18.4 Å². The summed E-state index contributed by atoms with van der Waals surface area (Å²) in [7, 11) is 3.72. The minimum Gasteiger partial charge on any atom is -0.496 e. The van der Waals surface area contributed by atoms with E-state index in [4.69, 9.17) is 4.74 Å². The first-order valence-electron chi connectivity index (χ1n) is 6.13. The molecule has 0 saturated heterocycles. The minimum atomic E-state index is 0.150. The van der Waals surface area contributed by atoms with Gasteiger partial charge >= 0.3 is 0 Å². The predicted molar refractivity (Wildman–Crippen MR) is 85.4 cm³/mol. The minimum absolute atomic E-state index is 0.150. The normalized spacial score (nSPS) is 12.5. The summed E-state index contributed by atoms with van der Waals surface area (Å²) in [6.45, 7) is 4.20. The molecule has 2 rings (SSSR count). The van der Waals surface area contributed by atoms with Crippen molar-refractivity contribution in [2.24, 2.45) is 0 Å². The van der Waals surface area contributed by atoms with Gasteiger partial charge in [0.25, 0.3) is 0 Å². The van der Waals surface area contributed by atoms with Crippen molar-refractivity contribution in [3.05, 3.63) is 49.6 Å². The van der Waals surface area contributed by atoms with E-state index in [-0.39, 0.29) is 6.04 Å². The van der Waals surface area contributed by atoms with Crippen molar-refractivity contribution in [3.8, 4) is 5.75 Å². The molecule has 0 aliphatic rings. The number of aryl methyl sites for hydroxylation is 1. The monoisotopic (exact) mass is 339 g/mol. The van der Waals surface area contributed by atoms with Gasteiger partial charge in [0.2, 0.25) is 0 Å². The maximum Gasteiger partial charge on any atom is 0.127 e. The van der Waals surface area contributed by atoms with Gasteiger partial charge in [-0.15, -0.1) is 0 Å². The molecule has 0 fully saturated rings. The van der Waals surface area contributed by atoms with Crippen LogP contribution in [-0.2, 0) is 0 Å². The average molecular weight is 340 g/mol. The van der Waals surface area contributed by atoms with Crippen molar-refractivity contribution in [1.82, 2.24) is 5.32 Å². The van der Waals surface area contributed by atoms with Gasteiger partial charge in [-0.2, -0.15) is 11.3 Å². The van der Waals surface area contributed by atoms with Crippen molar-refractivity contribution in [2.75, 3.05) is 14.2 Å². The second-order valence-electron chi connectivity index (χ2n) is 4.53. The van der Waals surface area contributed by atoms with E-state index >= 15 is 0 Å². The second kappa shape index (κ2) is 6.07. The zero-order valence-electron chi connectivity index (χ0n) is 11.6. The van der Waals surface area contributed by atoms with Crippen LogP contribution in [-0.4, -0.2) is 14.2 Å². The summed E-state index contributed by atoms with van der Waals surface area (Å²) in [5.41, 5.74) is 4.83. The summed E-state index contributed by atoms with van der Waals surface area (Å²) in [6.07, 6.45) is 0. The van der Waals surface area contributed by atoms with Crippen LogP contribution in [0.4, 0.5) is 0 Å². The molecule has 1 unspecified atom stereocenters. The number of halogens is 1. The van der Waals surface area contributed by atoms with Gasteiger partial charge < -0.3 is 10.1 Å². The fraction of sp³-hybridized carbons (Fsp3) is 0.333. The molecule has 0 saturated carbocycles. The third-order valence-electron chi connectivity index (χ3n) is 3.37. The van der Waals surface area contributed by atoms with Crippen molar-refractivity contribution in [3.63, 3.8) is 0 Å². The van der Waals surface area contributed by atoms with Crippen LogP contribution in [0.1, 0.15) is 28.3 Å². The summed E-state index contributed by atoms with van der Waals surface area (Å²) in [5, 5.41) is 7.68. The molecule has 1 heterocycles. The fourth-order valence-electron chi connectivity index (χ4n) is 2.41. The van der Waals surface area contributed by atoms with Gasteiger partial charge in [0.15, 0.2) is 0 Å². The second-order valence-corrected chi connectivity index (χ2v) is 6.16. The molecule has 1 aromatic heterocycles. The molecule has 19 heavy (non-hydrogen) atoms. The molecule has 0 aliphatic carbocycles. The Morgan fingerprint density at radius 3 is 2.63 bits per heavy atom. The van der Waals surface area contributed by atoms with Gasteiger partial charge in [0.1, 0.15) is 5.75 Å². The number of rotatable bonds is 4. The largest absolute Gasteiger partial charge is 0.496 e. The maximum absolute atomic E-state index is 5.64. The molecular weight excluding hydrogens is 322 g/mol. The van der Waals surface area contributed by atoms with Gasteiger partial charge in [-0.1, -0.05) is 15.9 Å². The summed E-state index contributed by atoms with van der Waals surface area (Å²) >= 11 is 5.35. The smallest absolute Gasteiger partial charge is 0.127 e. The topological polar surface area (TPSA) is 21.3 Å². The Kier molecular flexibility index (Phi) is 4.66. The van der Waals surface area contributed by atoms with Gasteiger partial charge in [-0.25, -0.2) is 0 Å². The standard InChI is InChI=1S/C15H18BrNOS/c1-9-7-12(16)10(2)13(15(9)18-4)14(17-3)11-5-6-19-8-11/h5-8,14,17H,1-4H3. The van der Waals surface area contributed by atoms with E-state index < -0.39 is 0 Å². The lowest BCUT2D eigenvalue weighted by molar-refractivity contribution is 0.401. The molecule has 1 aromatic carbocycles. The Hall–Kier alpha value is -0.840. The van der Waals surface area contributed by atoms with Gasteiger partial charge in [-0.05, 0) is 60.5 Å².